The highest BCUT2D eigenvalue weighted by atomic mass is 32.2. The van der Waals surface area contributed by atoms with Crippen LogP contribution in [-0.2, 0) is 5.75 Å². The minimum absolute atomic E-state index is 0.233. The number of thioether (sulfide) groups is 1. The minimum atomic E-state index is -0.233. The molecule has 0 radical (unpaired) electrons. The number of fused-ring (bicyclic) bond motifs is 1. The lowest BCUT2D eigenvalue weighted by atomic mass is 10.1. The summed E-state index contributed by atoms with van der Waals surface area (Å²) in [5, 5.41) is 10.6. The molecular formula is C20H16FN3OS2. The van der Waals surface area contributed by atoms with Gasteiger partial charge < -0.3 is 4.74 Å². The van der Waals surface area contributed by atoms with E-state index in [1.165, 1.54) is 23.9 Å². The summed E-state index contributed by atoms with van der Waals surface area (Å²) in [5.74, 6) is 1.18. The first-order chi connectivity index (χ1) is 13.1. The molecule has 7 heteroatoms. The average Bonchev–Trinajstić information content (AvgIpc) is 3.08. The van der Waals surface area contributed by atoms with Crippen LogP contribution in [-0.4, -0.2) is 22.3 Å². The molecule has 0 aliphatic rings. The SMILES string of the molecule is COc1ccc(-c2nnc(SCc3cccc(F)c3)c3nc(C)sc23)cc1. The van der Waals surface area contributed by atoms with Crippen molar-refractivity contribution in [1.82, 2.24) is 15.2 Å². The molecule has 0 amide bonds. The molecule has 4 rings (SSSR count). The van der Waals surface area contributed by atoms with Gasteiger partial charge in [0.1, 0.15) is 27.8 Å². The first kappa shape index (κ1) is 17.9. The highest BCUT2D eigenvalue weighted by molar-refractivity contribution is 7.98. The fraction of sp³-hybridized carbons (Fsp3) is 0.150. The van der Waals surface area contributed by atoms with Crippen molar-refractivity contribution in [3.05, 3.63) is 64.9 Å². The molecule has 2 aromatic carbocycles. The molecule has 0 saturated heterocycles. The number of benzene rings is 2. The van der Waals surface area contributed by atoms with Gasteiger partial charge in [0, 0.05) is 11.3 Å². The Labute approximate surface area is 164 Å². The summed E-state index contributed by atoms with van der Waals surface area (Å²) in [4.78, 5) is 4.66. The molecule has 0 bridgehead atoms. The smallest absolute Gasteiger partial charge is 0.146 e. The molecule has 0 fully saturated rings. The van der Waals surface area contributed by atoms with Gasteiger partial charge in [-0.15, -0.1) is 21.5 Å². The summed E-state index contributed by atoms with van der Waals surface area (Å²) in [6.07, 6.45) is 0. The Morgan fingerprint density at radius 1 is 1.11 bits per heavy atom. The van der Waals surface area contributed by atoms with Crippen LogP contribution in [0.2, 0.25) is 0 Å². The highest BCUT2D eigenvalue weighted by Crippen LogP contribution is 2.36. The molecular weight excluding hydrogens is 381 g/mol. The van der Waals surface area contributed by atoms with Crippen LogP contribution in [0, 0.1) is 12.7 Å². The predicted molar refractivity (Wildman–Crippen MR) is 108 cm³/mol. The van der Waals surface area contributed by atoms with Crippen molar-refractivity contribution in [3.63, 3.8) is 0 Å². The van der Waals surface area contributed by atoms with Gasteiger partial charge in [0.2, 0.25) is 0 Å². The van der Waals surface area contributed by atoms with Gasteiger partial charge in [-0.2, -0.15) is 0 Å². The Kier molecular flexibility index (Phi) is 5.05. The molecule has 0 spiro atoms. The van der Waals surface area contributed by atoms with Gasteiger partial charge in [0.25, 0.3) is 0 Å². The van der Waals surface area contributed by atoms with E-state index in [4.69, 9.17) is 4.74 Å². The van der Waals surface area contributed by atoms with Crippen molar-refractivity contribution in [2.45, 2.75) is 17.7 Å². The van der Waals surface area contributed by atoms with Crippen LogP contribution >= 0.6 is 23.1 Å². The number of hydrogen-bond donors (Lipinski definition) is 0. The molecule has 136 valence electrons. The Morgan fingerprint density at radius 3 is 2.67 bits per heavy atom. The van der Waals surface area contributed by atoms with Crippen molar-refractivity contribution >= 4 is 33.3 Å². The number of rotatable bonds is 5. The zero-order valence-electron chi connectivity index (χ0n) is 14.8. The normalized spacial score (nSPS) is 11.1. The van der Waals surface area contributed by atoms with Gasteiger partial charge in [-0.05, 0) is 48.9 Å². The summed E-state index contributed by atoms with van der Waals surface area (Å²) in [6.45, 7) is 1.98. The number of aromatic nitrogens is 3. The lowest BCUT2D eigenvalue weighted by Gasteiger charge is -2.06. The van der Waals surface area contributed by atoms with E-state index < -0.39 is 0 Å². The van der Waals surface area contributed by atoms with E-state index in [-0.39, 0.29) is 5.82 Å². The second kappa shape index (κ2) is 7.62. The maximum atomic E-state index is 13.4. The quantitative estimate of drug-likeness (QED) is 0.416. The first-order valence-electron chi connectivity index (χ1n) is 8.29. The van der Waals surface area contributed by atoms with E-state index >= 15 is 0 Å². The number of ether oxygens (including phenoxy) is 1. The van der Waals surface area contributed by atoms with Gasteiger partial charge in [0.15, 0.2) is 0 Å². The van der Waals surface area contributed by atoms with Crippen LogP contribution in [0.1, 0.15) is 10.6 Å². The maximum absolute atomic E-state index is 13.4. The third-order valence-corrected chi connectivity index (χ3v) is 6.02. The lowest BCUT2D eigenvalue weighted by molar-refractivity contribution is 0.415. The molecule has 0 aliphatic heterocycles. The summed E-state index contributed by atoms with van der Waals surface area (Å²) in [6, 6.07) is 14.3. The van der Waals surface area contributed by atoms with Crippen LogP contribution in [0.5, 0.6) is 5.75 Å². The molecule has 27 heavy (non-hydrogen) atoms. The number of nitrogens with zero attached hydrogens (tertiary/aromatic N) is 3. The Hall–Kier alpha value is -2.51. The molecule has 0 saturated carbocycles. The number of halogens is 1. The summed E-state index contributed by atoms with van der Waals surface area (Å²) >= 11 is 3.12. The lowest BCUT2D eigenvalue weighted by Crippen LogP contribution is -1.93. The summed E-state index contributed by atoms with van der Waals surface area (Å²) in [5.41, 5.74) is 3.54. The van der Waals surface area contributed by atoms with Crippen molar-refractivity contribution in [2.24, 2.45) is 0 Å². The highest BCUT2D eigenvalue weighted by Gasteiger charge is 2.16. The van der Waals surface area contributed by atoms with E-state index in [1.54, 1.807) is 24.5 Å². The third kappa shape index (κ3) is 3.79. The number of methoxy groups -OCH3 is 1. The molecule has 4 nitrogen and oxygen atoms in total. The molecule has 0 aliphatic carbocycles. The largest absolute Gasteiger partial charge is 0.497 e. The van der Waals surface area contributed by atoms with E-state index in [0.717, 1.165) is 42.8 Å². The standard InChI is InChI=1S/C20H16FN3OS2/c1-12-22-18-19(27-12)17(14-6-8-16(25-2)9-7-14)23-24-20(18)26-11-13-4-3-5-15(21)10-13/h3-10H,11H2,1-2H3. The van der Waals surface area contributed by atoms with Crippen LogP contribution in [0.15, 0.2) is 53.6 Å². The van der Waals surface area contributed by atoms with Gasteiger partial charge >= 0.3 is 0 Å². The van der Waals surface area contributed by atoms with E-state index in [1.807, 2.05) is 37.3 Å². The van der Waals surface area contributed by atoms with Gasteiger partial charge in [-0.3, -0.25) is 0 Å². The monoisotopic (exact) mass is 397 g/mol. The van der Waals surface area contributed by atoms with Gasteiger partial charge in [-0.1, -0.05) is 23.9 Å². The minimum Gasteiger partial charge on any atom is -0.497 e. The van der Waals surface area contributed by atoms with Gasteiger partial charge in [0.05, 0.1) is 16.8 Å². The zero-order valence-corrected chi connectivity index (χ0v) is 16.4. The van der Waals surface area contributed by atoms with Crippen LogP contribution in [0.3, 0.4) is 0 Å². The molecule has 2 aromatic heterocycles. The Bertz CT molecular complexity index is 1100. The van der Waals surface area contributed by atoms with Crippen LogP contribution in [0.4, 0.5) is 4.39 Å². The second-order valence-corrected chi connectivity index (χ2v) is 8.08. The van der Waals surface area contributed by atoms with Crippen molar-refractivity contribution < 1.29 is 9.13 Å². The van der Waals surface area contributed by atoms with E-state index in [0.29, 0.717) is 5.75 Å². The number of thiazole rings is 1. The second-order valence-electron chi connectivity index (χ2n) is 5.91. The molecule has 0 N–H and O–H groups in total. The fourth-order valence-electron chi connectivity index (χ4n) is 2.73. The molecule has 4 aromatic rings. The zero-order chi connectivity index (χ0) is 18.8. The van der Waals surface area contributed by atoms with Crippen molar-refractivity contribution in [2.75, 3.05) is 7.11 Å². The topological polar surface area (TPSA) is 47.9 Å². The van der Waals surface area contributed by atoms with Crippen molar-refractivity contribution in [1.29, 1.82) is 0 Å². The molecule has 0 atom stereocenters. The van der Waals surface area contributed by atoms with E-state index in [9.17, 15) is 4.39 Å². The Morgan fingerprint density at radius 2 is 1.93 bits per heavy atom. The van der Waals surface area contributed by atoms with Gasteiger partial charge in [-0.25, -0.2) is 9.37 Å². The average molecular weight is 398 g/mol. The van der Waals surface area contributed by atoms with Crippen molar-refractivity contribution in [3.8, 4) is 17.0 Å². The number of hydrogen-bond acceptors (Lipinski definition) is 6. The molecule has 0 unspecified atom stereocenters. The fourth-order valence-corrected chi connectivity index (χ4v) is 4.59. The third-order valence-electron chi connectivity index (χ3n) is 4.02. The molecule has 2 heterocycles. The summed E-state index contributed by atoms with van der Waals surface area (Å²) < 4.78 is 19.6. The van der Waals surface area contributed by atoms with Crippen LogP contribution < -0.4 is 4.74 Å². The maximum Gasteiger partial charge on any atom is 0.146 e. The Balaban J connectivity index is 1.69. The van der Waals surface area contributed by atoms with Crippen LogP contribution in [0.25, 0.3) is 21.5 Å². The van der Waals surface area contributed by atoms with E-state index in [2.05, 4.69) is 15.2 Å². The predicted octanol–water partition coefficient (Wildman–Crippen LogP) is 5.50. The summed E-state index contributed by atoms with van der Waals surface area (Å²) in [7, 11) is 1.64. The first-order valence-corrected chi connectivity index (χ1v) is 10.1. The number of aryl methyl sites for hydroxylation is 1.